The van der Waals surface area contributed by atoms with Crippen molar-refractivity contribution in [3.63, 3.8) is 0 Å². The zero-order valence-corrected chi connectivity index (χ0v) is 30.8. The lowest BCUT2D eigenvalue weighted by Gasteiger charge is -2.27. The molecule has 4 rings (SSSR count). The molecule has 0 saturated carbocycles. The van der Waals surface area contributed by atoms with Crippen molar-refractivity contribution in [2.45, 2.75) is 91.4 Å². The lowest BCUT2D eigenvalue weighted by molar-refractivity contribution is 0.0427. The van der Waals surface area contributed by atoms with Crippen LogP contribution in [0.2, 0.25) is 5.15 Å². The summed E-state index contributed by atoms with van der Waals surface area (Å²) in [6.07, 6.45) is -0.516. The van der Waals surface area contributed by atoms with Gasteiger partial charge in [0, 0.05) is 23.7 Å². The molecule has 16 heteroatoms. The number of amides is 2. The lowest BCUT2D eigenvalue weighted by atomic mass is 10.1. The number of aromatic nitrogens is 5. The van der Waals surface area contributed by atoms with Gasteiger partial charge in [-0.15, -0.1) is 4.90 Å². The van der Waals surface area contributed by atoms with Crippen molar-refractivity contribution in [3.05, 3.63) is 63.7 Å². The molecule has 0 atom stereocenters. The monoisotopic (exact) mass is 716 g/mol. The van der Waals surface area contributed by atoms with Gasteiger partial charge in [0.05, 0.1) is 41.9 Å². The molecule has 0 aliphatic heterocycles. The highest BCUT2D eigenvalue weighted by atomic mass is 35.5. The first-order chi connectivity index (χ1) is 22.7. The summed E-state index contributed by atoms with van der Waals surface area (Å²) in [6, 6.07) is 6.28. The van der Waals surface area contributed by atoms with Gasteiger partial charge in [-0.05, 0) is 74.4 Å². The molecule has 14 nitrogen and oxygen atoms in total. The lowest BCUT2D eigenvalue weighted by Crippen LogP contribution is -2.44. The number of hydrogen-bond acceptors (Lipinski definition) is 12. The van der Waals surface area contributed by atoms with Crippen LogP contribution >= 0.6 is 11.6 Å². The SMILES string of the molecule is COc1c(C)cnc(Cn2nc(CCOS(=O)(=O)c3ccc(C)cc3)c3c(Cl)nc(N(C(=O)OC(C)(C)C)C(=O)OC(C)(C)C)nc32)c1C. The van der Waals surface area contributed by atoms with E-state index in [-0.39, 0.29) is 40.7 Å². The van der Waals surface area contributed by atoms with Crippen LogP contribution in [0.5, 0.6) is 5.75 Å². The maximum atomic E-state index is 13.4. The molecule has 0 aliphatic rings. The summed E-state index contributed by atoms with van der Waals surface area (Å²) in [4.78, 5) is 40.8. The number of aryl methyl sites for hydroxylation is 2. The minimum atomic E-state index is -4.07. The van der Waals surface area contributed by atoms with E-state index in [0.717, 1.165) is 16.7 Å². The number of imide groups is 1. The minimum Gasteiger partial charge on any atom is -0.496 e. The largest absolute Gasteiger partial charge is 0.496 e. The van der Waals surface area contributed by atoms with Gasteiger partial charge in [0.1, 0.15) is 22.1 Å². The van der Waals surface area contributed by atoms with E-state index in [1.165, 1.54) is 16.8 Å². The normalized spacial score (nSPS) is 12.2. The number of nitrogens with zero attached hydrogens (tertiary/aromatic N) is 6. The van der Waals surface area contributed by atoms with Crippen LogP contribution in [0, 0.1) is 20.8 Å². The third-order valence-corrected chi connectivity index (χ3v) is 8.50. The zero-order chi connectivity index (χ0) is 36.5. The summed E-state index contributed by atoms with van der Waals surface area (Å²) in [5.41, 5.74) is 1.55. The van der Waals surface area contributed by atoms with Gasteiger partial charge in [0.25, 0.3) is 10.1 Å². The highest BCUT2D eigenvalue weighted by Crippen LogP contribution is 2.31. The summed E-state index contributed by atoms with van der Waals surface area (Å²) < 4.78 is 49.1. The third kappa shape index (κ3) is 9.02. The van der Waals surface area contributed by atoms with Crippen LogP contribution < -0.4 is 9.64 Å². The first-order valence-corrected chi connectivity index (χ1v) is 17.1. The molecular weight excluding hydrogens is 676 g/mol. The van der Waals surface area contributed by atoms with E-state index in [2.05, 4.69) is 15.0 Å². The molecule has 49 heavy (non-hydrogen) atoms. The molecule has 3 heterocycles. The van der Waals surface area contributed by atoms with Crippen molar-refractivity contribution < 1.29 is 36.4 Å². The number of carbonyl (C=O) groups excluding carboxylic acids is 2. The van der Waals surface area contributed by atoms with Crippen LogP contribution in [-0.2, 0) is 36.7 Å². The summed E-state index contributed by atoms with van der Waals surface area (Å²) >= 11 is 6.75. The van der Waals surface area contributed by atoms with Gasteiger partial charge < -0.3 is 14.2 Å². The van der Waals surface area contributed by atoms with Gasteiger partial charge in [-0.1, -0.05) is 29.3 Å². The maximum absolute atomic E-state index is 13.4. The van der Waals surface area contributed by atoms with Gasteiger partial charge in [0.2, 0.25) is 5.95 Å². The van der Waals surface area contributed by atoms with Gasteiger partial charge in [-0.25, -0.2) is 14.3 Å². The van der Waals surface area contributed by atoms with Crippen LogP contribution in [0.25, 0.3) is 11.0 Å². The average Bonchev–Trinajstić information content (AvgIpc) is 3.30. The standard InChI is InChI=1S/C33H41ClN6O8S/c1-19-11-13-22(14-12-19)49(43,44)46-16-15-23-25-27(34)36-29(40(30(41)47-32(4,5)6)31(42)48-33(7,8)9)37-28(25)39(38-23)18-24-21(3)26(45-10)20(2)17-35-24/h11-14,17H,15-16,18H2,1-10H3. The molecule has 0 bridgehead atoms. The van der Waals surface area contributed by atoms with Gasteiger partial charge in [0.15, 0.2) is 5.65 Å². The van der Waals surface area contributed by atoms with E-state index >= 15 is 0 Å². The van der Waals surface area contributed by atoms with Crippen molar-refractivity contribution in [2.75, 3.05) is 18.6 Å². The van der Waals surface area contributed by atoms with Crippen LogP contribution in [0.3, 0.4) is 0 Å². The van der Waals surface area contributed by atoms with Gasteiger partial charge in [-0.3, -0.25) is 9.17 Å². The van der Waals surface area contributed by atoms with E-state index in [1.807, 2.05) is 20.8 Å². The van der Waals surface area contributed by atoms with Crippen molar-refractivity contribution in [1.29, 1.82) is 0 Å². The Kier molecular flexibility index (Phi) is 10.9. The van der Waals surface area contributed by atoms with Crippen LogP contribution in [-0.4, -0.2) is 70.3 Å². The number of carbonyl (C=O) groups is 2. The Hall–Kier alpha value is -4.34. The second kappa shape index (κ2) is 14.3. The molecular formula is C33H41ClN6O8S. The Balaban J connectivity index is 1.83. The topological polar surface area (TPSA) is 165 Å². The highest BCUT2D eigenvalue weighted by Gasteiger charge is 2.36. The van der Waals surface area contributed by atoms with Crippen molar-refractivity contribution >= 4 is 50.9 Å². The van der Waals surface area contributed by atoms with Crippen molar-refractivity contribution in [1.82, 2.24) is 24.7 Å². The molecule has 3 aromatic heterocycles. The molecule has 0 N–H and O–H groups in total. The average molecular weight is 717 g/mol. The molecule has 0 fully saturated rings. The fourth-order valence-corrected chi connectivity index (χ4v) is 5.90. The number of anilines is 1. The van der Waals surface area contributed by atoms with Crippen molar-refractivity contribution in [3.8, 4) is 5.75 Å². The molecule has 2 amide bonds. The molecule has 264 valence electrons. The number of halogens is 1. The van der Waals surface area contributed by atoms with Crippen molar-refractivity contribution in [2.24, 2.45) is 0 Å². The predicted octanol–water partition coefficient (Wildman–Crippen LogP) is 6.48. The molecule has 0 aliphatic carbocycles. The summed E-state index contributed by atoms with van der Waals surface area (Å²) in [5, 5.41) is 4.80. The van der Waals surface area contributed by atoms with Gasteiger partial charge in [-0.2, -0.15) is 23.5 Å². The summed E-state index contributed by atoms with van der Waals surface area (Å²) in [6.45, 7) is 15.2. The first kappa shape index (κ1) is 37.5. The van der Waals surface area contributed by atoms with Crippen LogP contribution in [0.4, 0.5) is 15.5 Å². The Labute approximate surface area is 290 Å². The van der Waals surface area contributed by atoms with Gasteiger partial charge >= 0.3 is 12.2 Å². The molecule has 0 saturated heterocycles. The number of fused-ring (bicyclic) bond motifs is 1. The Morgan fingerprint density at radius 3 is 2.06 bits per heavy atom. The van der Waals surface area contributed by atoms with E-state index < -0.39 is 39.5 Å². The van der Waals surface area contributed by atoms with Crippen LogP contribution in [0.15, 0.2) is 35.4 Å². The molecule has 1 aromatic carbocycles. The van der Waals surface area contributed by atoms with E-state index in [1.54, 1.807) is 67.0 Å². The molecule has 4 aromatic rings. The molecule has 0 radical (unpaired) electrons. The van der Waals surface area contributed by atoms with Crippen LogP contribution in [0.1, 0.15) is 69.6 Å². The second-order valence-corrected chi connectivity index (χ2v) is 15.3. The Morgan fingerprint density at radius 2 is 1.51 bits per heavy atom. The highest BCUT2D eigenvalue weighted by molar-refractivity contribution is 7.86. The fourth-order valence-electron chi connectivity index (χ4n) is 4.72. The quantitative estimate of drug-likeness (QED) is 0.137. The minimum absolute atomic E-state index is 0.0114. The number of benzene rings is 1. The summed E-state index contributed by atoms with van der Waals surface area (Å²) in [5.74, 6) is 0.226. The summed E-state index contributed by atoms with van der Waals surface area (Å²) in [7, 11) is -2.51. The zero-order valence-electron chi connectivity index (χ0n) is 29.2. The second-order valence-electron chi connectivity index (χ2n) is 13.3. The van der Waals surface area contributed by atoms with E-state index in [4.69, 9.17) is 35.1 Å². The Bertz CT molecular complexity index is 1960. The number of rotatable bonds is 9. The number of hydrogen-bond donors (Lipinski definition) is 0. The third-order valence-electron chi connectivity index (χ3n) is 6.90. The van der Waals surface area contributed by atoms with E-state index in [9.17, 15) is 18.0 Å². The number of ether oxygens (including phenoxy) is 3. The predicted molar refractivity (Wildman–Crippen MR) is 183 cm³/mol. The van der Waals surface area contributed by atoms with E-state index in [0.29, 0.717) is 22.0 Å². The molecule has 0 spiro atoms. The molecule has 0 unspecified atom stereocenters. The number of pyridine rings is 1. The smallest absolute Gasteiger partial charge is 0.427 e. The number of methoxy groups -OCH3 is 1. The first-order valence-electron chi connectivity index (χ1n) is 15.3. The Morgan fingerprint density at radius 1 is 0.918 bits per heavy atom. The fraction of sp³-hybridized carbons (Fsp3) is 0.455. The maximum Gasteiger partial charge on any atom is 0.427 e.